The summed E-state index contributed by atoms with van der Waals surface area (Å²) in [5.41, 5.74) is 0. The maximum Gasteiger partial charge on any atom is 0.161 e. The largest absolute Gasteiger partial charge is 0.493 e. The van der Waals surface area contributed by atoms with Crippen LogP contribution < -0.4 is 9.47 Å². The van der Waals surface area contributed by atoms with Gasteiger partial charge in [0.2, 0.25) is 0 Å². The van der Waals surface area contributed by atoms with E-state index in [1.54, 1.807) is 14.0 Å². The van der Waals surface area contributed by atoms with Gasteiger partial charge in [-0.15, -0.1) is 0 Å². The molecule has 18 heavy (non-hydrogen) atoms. The van der Waals surface area contributed by atoms with E-state index in [0.29, 0.717) is 6.61 Å². The van der Waals surface area contributed by atoms with Crippen molar-refractivity contribution in [2.75, 3.05) is 33.9 Å². The molecule has 1 aromatic carbocycles. The lowest BCUT2D eigenvalue weighted by molar-refractivity contribution is 0.156. The van der Waals surface area contributed by atoms with E-state index in [1.807, 2.05) is 31.3 Å². The van der Waals surface area contributed by atoms with Crippen LogP contribution in [0.15, 0.2) is 24.3 Å². The van der Waals surface area contributed by atoms with Gasteiger partial charge in [-0.1, -0.05) is 12.1 Å². The zero-order chi connectivity index (χ0) is 13.4. The Balaban J connectivity index is 2.28. The van der Waals surface area contributed by atoms with Gasteiger partial charge in [0.15, 0.2) is 11.5 Å². The van der Waals surface area contributed by atoms with E-state index in [4.69, 9.17) is 9.47 Å². The van der Waals surface area contributed by atoms with Gasteiger partial charge in [0.1, 0.15) is 6.61 Å². The van der Waals surface area contributed by atoms with Gasteiger partial charge in [-0.3, -0.25) is 0 Å². The van der Waals surface area contributed by atoms with E-state index in [1.165, 1.54) is 0 Å². The summed E-state index contributed by atoms with van der Waals surface area (Å²) in [5.74, 6) is 1.52. The second-order valence-corrected chi connectivity index (χ2v) is 4.44. The highest BCUT2D eigenvalue weighted by atomic mass is 16.5. The van der Waals surface area contributed by atoms with Crippen molar-refractivity contribution in [1.82, 2.24) is 4.90 Å². The van der Waals surface area contributed by atoms with Gasteiger partial charge in [-0.05, 0) is 32.5 Å². The maximum absolute atomic E-state index is 9.20. The van der Waals surface area contributed by atoms with Crippen LogP contribution in [0, 0.1) is 0 Å². The molecule has 0 saturated carbocycles. The zero-order valence-corrected chi connectivity index (χ0v) is 11.4. The number of para-hydroxylation sites is 2. The minimum Gasteiger partial charge on any atom is -0.493 e. The third kappa shape index (κ3) is 5.38. The van der Waals surface area contributed by atoms with Crippen molar-refractivity contribution < 1.29 is 14.6 Å². The molecular formula is C14H23NO3. The highest BCUT2D eigenvalue weighted by Gasteiger charge is 2.04. The lowest BCUT2D eigenvalue weighted by Crippen LogP contribution is -2.27. The van der Waals surface area contributed by atoms with Crippen LogP contribution in [0.3, 0.4) is 0 Å². The number of ether oxygens (including phenoxy) is 2. The van der Waals surface area contributed by atoms with Crippen LogP contribution >= 0.6 is 0 Å². The molecule has 0 amide bonds. The van der Waals surface area contributed by atoms with E-state index < -0.39 is 0 Å². The highest BCUT2D eigenvalue weighted by molar-refractivity contribution is 5.39. The summed E-state index contributed by atoms with van der Waals surface area (Å²) in [4.78, 5) is 2.14. The van der Waals surface area contributed by atoms with Crippen molar-refractivity contribution >= 4 is 0 Å². The summed E-state index contributed by atoms with van der Waals surface area (Å²) < 4.78 is 10.9. The van der Waals surface area contributed by atoms with E-state index >= 15 is 0 Å². The Morgan fingerprint density at radius 1 is 1.22 bits per heavy atom. The summed E-state index contributed by atoms with van der Waals surface area (Å²) in [7, 11) is 3.66. The topological polar surface area (TPSA) is 41.9 Å². The molecule has 0 aromatic heterocycles. The Hall–Kier alpha value is -1.26. The number of hydrogen-bond acceptors (Lipinski definition) is 4. The Bertz CT molecular complexity index is 342. The molecule has 1 unspecified atom stereocenters. The molecule has 0 radical (unpaired) electrons. The van der Waals surface area contributed by atoms with Crippen LogP contribution in [0.4, 0.5) is 0 Å². The van der Waals surface area contributed by atoms with Gasteiger partial charge in [0.25, 0.3) is 0 Å². The first-order valence-electron chi connectivity index (χ1n) is 6.26. The molecular weight excluding hydrogens is 230 g/mol. The molecule has 0 aliphatic rings. The van der Waals surface area contributed by atoms with Crippen molar-refractivity contribution in [2.24, 2.45) is 0 Å². The molecule has 0 heterocycles. The van der Waals surface area contributed by atoms with E-state index in [0.717, 1.165) is 31.0 Å². The quantitative estimate of drug-likeness (QED) is 0.767. The number of likely N-dealkylation sites (N-methyl/N-ethyl adjacent to an activating group) is 1. The fourth-order valence-corrected chi connectivity index (χ4v) is 1.57. The number of benzene rings is 1. The van der Waals surface area contributed by atoms with Crippen molar-refractivity contribution in [2.45, 2.75) is 19.4 Å². The van der Waals surface area contributed by atoms with Crippen LogP contribution in [0.1, 0.15) is 13.3 Å². The van der Waals surface area contributed by atoms with Gasteiger partial charge in [-0.25, -0.2) is 0 Å². The first-order chi connectivity index (χ1) is 8.63. The fraction of sp³-hybridized carbons (Fsp3) is 0.571. The standard InChI is InChI=1S/C14H23NO3/c1-12(16)8-9-15(2)10-11-18-14-7-5-4-6-13(14)17-3/h4-7,12,16H,8-11H2,1-3H3. The monoisotopic (exact) mass is 253 g/mol. The number of methoxy groups -OCH3 is 1. The predicted molar refractivity (Wildman–Crippen MR) is 72.3 cm³/mol. The molecule has 1 rings (SSSR count). The molecule has 0 aliphatic carbocycles. The van der Waals surface area contributed by atoms with Gasteiger partial charge < -0.3 is 19.5 Å². The predicted octanol–water partition coefficient (Wildman–Crippen LogP) is 1.78. The van der Waals surface area contributed by atoms with E-state index in [2.05, 4.69) is 4.90 Å². The minimum absolute atomic E-state index is 0.248. The average molecular weight is 253 g/mol. The first kappa shape index (κ1) is 14.8. The molecule has 102 valence electrons. The second kappa shape index (κ2) is 7.95. The lowest BCUT2D eigenvalue weighted by atomic mass is 10.3. The van der Waals surface area contributed by atoms with Crippen molar-refractivity contribution in [3.05, 3.63) is 24.3 Å². The average Bonchev–Trinajstić information content (AvgIpc) is 2.37. The smallest absolute Gasteiger partial charge is 0.161 e. The first-order valence-corrected chi connectivity index (χ1v) is 6.26. The maximum atomic E-state index is 9.20. The zero-order valence-electron chi connectivity index (χ0n) is 11.4. The van der Waals surface area contributed by atoms with Crippen LogP contribution in [-0.4, -0.2) is 50.0 Å². The van der Waals surface area contributed by atoms with Crippen LogP contribution in [0.2, 0.25) is 0 Å². The Morgan fingerprint density at radius 2 is 1.89 bits per heavy atom. The molecule has 1 atom stereocenters. The molecule has 0 fully saturated rings. The lowest BCUT2D eigenvalue weighted by Gasteiger charge is -2.18. The second-order valence-electron chi connectivity index (χ2n) is 4.44. The number of nitrogens with zero attached hydrogens (tertiary/aromatic N) is 1. The summed E-state index contributed by atoms with van der Waals surface area (Å²) in [6.07, 6.45) is 0.535. The Morgan fingerprint density at radius 3 is 2.50 bits per heavy atom. The van der Waals surface area contributed by atoms with E-state index in [-0.39, 0.29) is 6.10 Å². The number of hydrogen-bond donors (Lipinski definition) is 1. The van der Waals surface area contributed by atoms with Gasteiger partial charge >= 0.3 is 0 Å². The summed E-state index contributed by atoms with van der Waals surface area (Å²) in [5, 5.41) is 9.20. The molecule has 0 aliphatic heterocycles. The van der Waals surface area contributed by atoms with Gasteiger partial charge in [-0.2, -0.15) is 0 Å². The molecule has 1 N–H and O–H groups in total. The minimum atomic E-state index is -0.248. The molecule has 4 heteroatoms. The molecule has 1 aromatic rings. The highest BCUT2D eigenvalue weighted by Crippen LogP contribution is 2.25. The summed E-state index contributed by atoms with van der Waals surface area (Å²) >= 11 is 0. The Kier molecular flexibility index (Phi) is 6.54. The number of rotatable bonds is 8. The van der Waals surface area contributed by atoms with Crippen molar-refractivity contribution in [1.29, 1.82) is 0 Å². The molecule has 0 saturated heterocycles. The van der Waals surface area contributed by atoms with Crippen molar-refractivity contribution in [3.8, 4) is 11.5 Å². The summed E-state index contributed by atoms with van der Waals surface area (Å²) in [6, 6.07) is 7.62. The Labute approximate surface area is 109 Å². The SMILES string of the molecule is COc1ccccc1OCCN(C)CCC(C)O. The van der Waals surface area contributed by atoms with Crippen molar-refractivity contribution in [3.63, 3.8) is 0 Å². The normalized spacial score (nSPS) is 12.5. The third-order valence-electron chi connectivity index (χ3n) is 2.73. The van der Waals surface area contributed by atoms with E-state index in [9.17, 15) is 5.11 Å². The number of aliphatic hydroxyl groups excluding tert-OH is 1. The fourth-order valence-electron chi connectivity index (χ4n) is 1.57. The van der Waals surface area contributed by atoms with Crippen LogP contribution in [0.5, 0.6) is 11.5 Å². The molecule has 0 bridgehead atoms. The van der Waals surface area contributed by atoms with Crippen LogP contribution in [0.25, 0.3) is 0 Å². The number of aliphatic hydroxyl groups is 1. The molecule has 4 nitrogen and oxygen atoms in total. The van der Waals surface area contributed by atoms with Crippen LogP contribution in [-0.2, 0) is 0 Å². The summed E-state index contributed by atoms with van der Waals surface area (Å²) in [6.45, 7) is 4.10. The van der Waals surface area contributed by atoms with Gasteiger partial charge in [0, 0.05) is 13.1 Å². The molecule has 0 spiro atoms. The third-order valence-corrected chi connectivity index (χ3v) is 2.73. The van der Waals surface area contributed by atoms with Gasteiger partial charge in [0.05, 0.1) is 13.2 Å².